The highest BCUT2D eigenvalue weighted by Crippen LogP contribution is 2.16. The SMILES string of the molecule is CCCCCCCCCCOCC[N+](CC)(CCO)CN1CCCCC1=O. The molecule has 1 atom stereocenters. The number of aliphatic hydroxyl groups is 1. The fourth-order valence-corrected chi connectivity index (χ4v) is 3.95. The second-order valence-electron chi connectivity index (χ2n) is 8.17. The van der Waals surface area contributed by atoms with Crippen LogP contribution >= 0.6 is 0 Å². The van der Waals surface area contributed by atoms with Gasteiger partial charge in [0.05, 0.1) is 19.8 Å². The molecule has 0 spiro atoms. The van der Waals surface area contributed by atoms with E-state index in [1.807, 2.05) is 4.90 Å². The van der Waals surface area contributed by atoms with Crippen molar-refractivity contribution in [2.45, 2.75) is 84.5 Å². The van der Waals surface area contributed by atoms with E-state index < -0.39 is 0 Å². The highest BCUT2D eigenvalue weighted by molar-refractivity contribution is 5.76. The number of rotatable bonds is 17. The summed E-state index contributed by atoms with van der Waals surface area (Å²) in [7, 11) is 0. The average Bonchev–Trinajstić information content (AvgIpc) is 2.68. The van der Waals surface area contributed by atoms with Crippen LogP contribution < -0.4 is 0 Å². The molecule has 1 N–H and O–H groups in total. The fraction of sp³-hybridized carbons (Fsp3) is 0.955. The van der Waals surface area contributed by atoms with Crippen LogP contribution in [0.1, 0.15) is 84.5 Å². The normalized spacial score (nSPS) is 17.3. The first-order chi connectivity index (χ1) is 13.2. The van der Waals surface area contributed by atoms with Crippen molar-refractivity contribution >= 4 is 5.91 Å². The van der Waals surface area contributed by atoms with E-state index in [0.717, 1.165) is 56.7 Å². The fourth-order valence-electron chi connectivity index (χ4n) is 3.95. The van der Waals surface area contributed by atoms with Crippen molar-refractivity contribution in [3.63, 3.8) is 0 Å². The third-order valence-corrected chi connectivity index (χ3v) is 5.99. The molecule has 0 bridgehead atoms. The zero-order valence-corrected chi connectivity index (χ0v) is 18.1. The van der Waals surface area contributed by atoms with Crippen LogP contribution in [0.5, 0.6) is 0 Å². The first-order valence-electron chi connectivity index (χ1n) is 11.5. The number of likely N-dealkylation sites (N-methyl/N-ethyl adjacent to an activating group) is 1. The maximum atomic E-state index is 12.2. The van der Waals surface area contributed by atoms with Crippen molar-refractivity contribution in [1.82, 2.24) is 4.90 Å². The minimum atomic E-state index is 0.161. The molecule has 1 saturated heterocycles. The van der Waals surface area contributed by atoms with Gasteiger partial charge in [-0.05, 0) is 26.2 Å². The quantitative estimate of drug-likeness (QED) is 0.305. The Balaban J connectivity index is 2.21. The van der Waals surface area contributed by atoms with Crippen molar-refractivity contribution < 1.29 is 19.1 Å². The summed E-state index contributed by atoms with van der Waals surface area (Å²) in [5.41, 5.74) is 0. The maximum absolute atomic E-state index is 12.2. The van der Waals surface area contributed by atoms with E-state index in [-0.39, 0.29) is 12.5 Å². The van der Waals surface area contributed by atoms with E-state index >= 15 is 0 Å². The lowest BCUT2D eigenvalue weighted by atomic mass is 10.1. The second kappa shape index (κ2) is 15.3. The first kappa shape index (κ1) is 24.4. The van der Waals surface area contributed by atoms with Gasteiger partial charge in [0.2, 0.25) is 5.91 Å². The van der Waals surface area contributed by atoms with Gasteiger partial charge in [-0.2, -0.15) is 0 Å². The van der Waals surface area contributed by atoms with Crippen molar-refractivity contribution in [1.29, 1.82) is 0 Å². The Hall–Kier alpha value is -0.650. The minimum absolute atomic E-state index is 0.161. The topological polar surface area (TPSA) is 49.8 Å². The molecule has 0 aromatic carbocycles. The van der Waals surface area contributed by atoms with Crippen LogP contribution in [-0.4, -0.2) is 73.1 Å². The highest BCUT2D eigenvalue weighted by atomic mass is 16.5. The Bertz CT molecular complexity index is 379. The average molecular weight is 386 g/mol. The maximum Gasteiger partial charge on any atom is 0.226 e. The number of quaternary nitrogens is 1. The summed E-state index contributed by atoms with van der Waals surface area (Å²) in [5, 5.41) is 9.55. The Labute approximate surface area is 167 Å². The summed E-state index contributed by atoms with van der Waals surface area (Å²) in [5.74, 6) is 0.273. The van der Waals surface area contributed by atoms with Gasteiger partial charge in [0.1, 0.15) is 13.1 Å². The number of likely N-dealkylation sites (tertiary alicyclic amines) is 1. The number of carbonyl (C=O) groups excluding carboxylic acids is 1. The van der Waals surface area contributed by atoms with Gasteiger partial charge in [0, 0.05) is 19.6 Å². The number of carbonyl (C=O) groups is 1. The Morgan fingerprint density at radius 1 is 0.963 bits per heavy atom. The lowest BCUT2D eigenvalue weighted by molar-refractivity contribution is -0.935. The van der Waals surface area contributed by atoms with Crippen molar-refractivity contribution in [3.8, 4) is 0 Å². The molecule has 5 heteroatoms. The van der Waals surface area contributed by atoms with Gasteiger partial charge in [-0.3, -0.25) is 9.69 Å². The molecule has 160 valence electrons. The third kappa shape index (κ3) is 10.5. The van der Waals surface area contributed by atoms with E-state index in [1.165, 1.54) is 44.9 Å². The molecule has 0 aromatic heterocycles. The number of ether oxygens (including phenoxy) is 1. The molecule has 1 amide bonds. The lowest BCUT2D eigenvalue weighted by Crippen LogP contribution is -2.58. The molecule has 0 saturated carbocycles. The van der Waals surface area contributed by atoms with Gasteiger partial charge in [-0.1, -0.05) is 51.9 Å². The number of unbranched alkanes of at least 4 members (excludes halogenated alkanes) is 7. The summed E-state index contributed by atoms with van der Waals surface area (Å²) in [6.07, 6.45) is 13.3. The van der Waals surface area contributed by atoms with Crippen LogP contribution in [0.25, 0.3) is 0 Å². The Kier molecular flexibility index (Phi) is 13.8. The summed E-state index contributed by atoms with van der Waals surface area (Å²) >= 11 is 0. The van der Waals surface area contributed by atoms with Crippen molar-refractivity contribution in [2.75, 3.05) is 52.7 Å². The van der Waals surface area contributed by atoms with E-state index in [1.54, 1.807) is 0 Å². The first-order valence-corrected chi connectivity index (χ1v) is 11.5. The Morgan fingerprint density at radius 3 is 2.30 bits per heavy atom. The lowest BCUT2D eigenvalue weighted by Gasteiger charge is -2.42. The number of nitrogens with zero attached hydrogens (tertiary/aromatic N) is 2. The smallest absolute Gasteiger partial charge is 0.226 e. The molecule has 1 rings (SSSR count). The largest absolute Gasteiger partial charge is 0.391 e. The van der Waals surface area contributed by atoms with Crippen molar-refractivity contribution in [2.24, 2.45) is 0 Å². The predicted octanol–water partition coefficient (Wildman–Crippen LogP) is 3.94. The molecule has 1 aliphatic rings. The summed E-state index contributed by atoms with van der Waals surface area (Å²) in [6, 6.07) is 0. The van der Waals surface area contributed by atoms with Crippen molar-refractivity contribution in [3.05, 3.63) is 0 Å². The number of aliphatic hydroxyl groups excluding tert-OH is 1. The van der Waals surface area contributed by atoms with E-state index in [4.69, 9.17) is 4.74 Å². The molecule has 0 aromatic rings. The predicted molar refractivity (Wildman–Crippen MR) is 111 cm³/mol. The molecule has 1 heterocycles. The molecule has 0 radical (unpaired) electrons. The Morgan fingerprint density at radius 2 is 1.67 bits per heavy atom. The van der Waals surface area contributed by atoms with Crippen LogP contribution in [0.4, 0.5) is 0 Å². The molecule has 0 aliphatic carbocycles. The zero-order valence-electron chi connectivity index (χ0n) is 18.1. The summed E-state index contributed by atoms with van der Waals surface area (Å²) in [6.45, 7) is 10.2. The highest BCUT2D eigenvalue weighted by Gasteiger charge is 2.31. The van der Waals surface area contributed by atoms with Gasteiger partial charge in [-0.25, -0.2) is 0 Å². The van der Waals surface area contributed by atoms with E-state index in [0.29, 0.717) is 19.6 Å². The zero-order chi connectivity index (χ0) is 19.8. The van der Waals surface area contributed by atoms with E-state index in [2.05, 4.69) is 13.8 Å². The number of piperidine rings is 1. The molecule has 27 heavy (non-hydrogen) atoms. The molecule has 1 fully saturated rings. The molecular weight excluding hydrogens is 340 g/mol. The standard InChI is InChI=1S/C22H45N2O3/c1-3-5-6-7-8-9-10-13-19-27-20-17-24(4-2,16-18-25)21-23-15-12-11-14-22(23)26/h25H,3-21H2,1-2H3/q+1. The van der Waals surface area contributed by atoms with Gasteiger partial charge in [0.25, 0.3) is 0 Å². The van der Waals surface area contributed by atoms with Crippen LogP contribution in [-0.2, 0) is 9.53 Å². The van der Waals surface area contributed by atoms with Crippen LogP contribution in [0.15, 0.2) is 0 Å². The number of amides is 1. The molecule has 1 aliphatic heterocycles. The molecular formula is C22H45N2O3+. The number of hydrogen-bond acceptors (Lipinski definition) is 3. The third-order valence-electron chi connectivity index (χ3n) is 5.99. The van der Waals surface area contributed by atoms with Gasteiger partial charge >= 0.3 is 0 Å². The minimum Gasteiger partial charge on any atom is -0.391 e. The van der Waals surface area contributed by atoms with Crippen LogP contribution in [0.3, 0.4) is 0 Å². The monoisotopic (exact) mass is 385 g/mol. The van der Waals surface area contributed by atoms with Crippen LogP contribution in [0.2, 0.25) is 0 Å². The van der Waals surface area contributed by atoms with Gasteiger partial charge in [-0.15, -0.1) is 0 Å². The summed E-state index contributed by atoms with van der Waals surface area (Å²) in [4.78, 5) is 14.2. The molecule has 5 nitrogen and oxygen atoms in total. The number of hydrogen-bond donors (Lipinski definition) is 1. The van der Waals surface area contributed by atoms with Gasteiger partial charge in [0.15, 0.2) is 6.67 Å². The van der Waals surface area contributed by atoms with Crippen LogP contribution in [0, 0.1) is 0 Å². The molecule has 1 unspecified atom stereocenters. The van der Waals surface area contributed by atoms with E-state index in [9.17, 15) is 9.90 Å². The second-order valence-corrected chi connectivity index (χ2v) is 8.17. The van der Waals surface area contributed by atoms with Gasteiger partial charge < -0.3 is 14.3 Å². The summed E-state index contributed by atoms with van der Waals surface area (Å²) < 4.78 is 6.65.